The van der Waals surface area contributed by atoms with Crippen LogP contribution in [0, 0.1) is 0 Å². The summed E-state index contributed by atoms with van der Waals surface area (Å²) in [5, 5.41) is 42.0. The van der Waals surface area contributed by atoms with Gasteiger partial charge in [-0.1, -0.05) is 84.9 Å². The number of ketones is 1. The fourth-order valence-corrected chi connectivity index (χ4v) is 5.65. The minimum absolute atomic E-state index is 0.0291. The number of carbonyl (C=O) groups is 1. The summed E-state index contributed by atoms with van der Waals surface area (Å²) in [6.45, 7) is -0.602. The Hall–Kier alpha value is -4.11. The lowest BCUT2D eigenvalue weighted by atomic mass is 9.82. The molecule has 1 heterocycles. The number of ether oxygens (including phenoxy) is 2. The van der Waals surface area contributed by atoms with Crippen LogP contribution in [-0.2, 0) is 4.74 Å². The summed E-state index contributed by atoms with van der Waals surface area (Å²) < 4.78 is 11.8. The van der Waals surface area contributed by atoms with E-state index in [0.29, 0.717) is 11.3 Å². The third kappa shape index (κ3) is 4.99. The molecular weight excluding hydrogens is 520 g/mol. The lowest BCUT2D eigenvalue weighted by Crippen LogP contribution is -2.59. The van der Waals surface area contributed by atoms with Crippen LogP contribution in [0.1, 0.15) is 27.0 Å². The average Bonchev–Trinajstić information content (AvgIpc) is 3.02. The number of aliphatic hydroxyl groups is 4. The molecule has 4 N–H and O–H groups in total. The number of rotatable bonds is 6. The van der Waals surface area contributed by atoms with Crippen molar-refractivity contribution in [2.75, 3.05) is 13.2 Å². The van der Waals surface area contributed by atoms with E-state index in [1.54, 1.807) is 6.08 Å². The van der Waals surface area contributed by atoms with Gasteiger partial charge in [-0.25, -0.2) is 0 Å². The van der Waals surface area contributed by atoms with E-state index in [1.165, 1.54) is 0 Å². The number of hydrogen-bond donors (Lipinski definition) is 4. The molecule has 2 unspecified atom stereocenters. The zero-order valence-corrected chi connectivity index (χ0v) is 22.1. The van der Waals surface area contributed by atoms with Gasteiger partial charge in [0.15, 0.2) is 5.78 Å². The van der Waals surface area contributed by atoms with Gasteiger partial charge >= 0.3 is 0 Å². The van der Waals surface area contributed by atoms with E-state index < -0.39 is 37.1 Å². The Morgan fingerprint density at radius 2 is 1.37 bits per heavy atom. The van der Waals surface area contributed by atoms with E-state index >= 15 is 0 Å². The lowest BCUT2D eigenvalue weighted by molar-refractivity contribution is -0.234. The minimum Gasteiger partial charge on any atom is -0.490 e. The Morgan fingerprint density at radius 3 is 2.12 bits per heavy atom. The average molecular weight is 551 g/mol. The van der Waals surface area contributed by atoms with Gasteiger partial charge in [0, 0.05) is 10.9 Å². The first-order valence-electron chi connectivity index (χ1n) is 13.5. The predicted octanol–water partition coefficient (Wildman–Crippen LogP) is 3.77. The number of fused-ring (bicyclic) bond motifs is 2. The molecule has 0 amide bonds. The Balaban J connectivity index is 1.44. The molecule has 1 saturated heterocycles. The van der Waals surface area contributed by atoms with Gasteiger partial charge in [0.1, 0.15) is 42.9 Å². The largest absolute Gasteiger partial charge is 0.490 e. The van der Waals surface area contributed by atoms with Crippen LogP contribution < -0.4 is 4.74 Å². The van der Waals surface area contributed by atoms with Gasteiger partial charge in [-0.05, 0) is 51.4 Å². The van der Waals surface area contributed by atoms with Gasteiger partial charge in [-0.15, -0.1) is 0 Å². The molecule has 5 atom stereocenters. The molecule has 7 heteroatoms. The van der Waals surface area contributed by atoms with Gasteiger partial charge in [0.25, 0.3) is 0 Å². The second-order valence-electron chi connectivity index (χ2n) is 10.2. The maximum atomic E-state index is 12.7. The first-order chi connectivity index (χ1) is 20.0. The highest BCUT2D eigenvalue weighted by molar-refractivity contribution is 6.18. The molecule has 4 aromatic rings. The van der Waals surface area contributed by atoms with E-state index in [-0.39, 0.29) is 12.4 Å². The first-order valence-corrected chi connectivity index (χ1v) is 13.5. The maximum absolute atomic E-state index is 12.7. The molecular formula is C34H30O7. The molecule has 1 aliphatic carbocycles. The minimum atomic E-state index is -1.47. The highest BCUT2D eigenvalue weighted by Gasteiger charge is 2.43. The second kappa shape index (κ2) is 11.4. The topological polar surface area (TPSA) is 116 Å². The number of carbonyl (C=O) groups excluding carboxylic acids is 1. The molecule has 1 aliphatic heterocycles. The van der Waals surface area contributed by atoms with Crippen molar-refractivity contribution in [3.8, 4) is 5.75 Å². The molecule has 41 heavy (non-hydrogen) atoms. The fourth-order valence-electron chi connectivity index (χ4n) is 5.65. The van der Waals surface area contributed by atoms with Crippen molar-refractivity contribution >= 4 is 27.7 Å². The summed E-state index contributed by atoms with van der Waals surface area (Å²) >= 11 is 0. The van der Waals surface area contributed by atoms with Gasteiger partial charge in [-0.2, -0.15) is 0 Å². The van der Waals surface area contributed by atoms with Gasteiger partial charge in [-0.3, -0.25) is 4.79 Å². The number of aliphatic hydroxyl groups excluding tert-OH is 4. The third-order valence-corrected chi connectivity index (χ3v) is 7.76. The summed E-state index contributed by atoms with van der Waals surface area (Å²) in [6, 6.07) is 29.3. The normalized spacial score (nSPS) is 25.2. The Kier molecular flexibility index (Phi) is 7.53. The Morgan fingerprint density at radius 1 is 0.707 bits per heavy atom. The molecule has 6 rings (SSSR count). The second-order valence-corrected chi connectivity index (χ2v) is 10.2. The number of benzene rings is 4. The quantitative estimate of drug-likeness (QED) is 0.289. The van der Waals surface area contributed by atoms with Crippen LogP contribution >= 0.6 is 0 Å². The van der Waals surface area contributed by atoms with Crippen molar-refractivity contribution < 1.29 is 34.7 Å². The van der Waals surface area contributed by atoms with E-state index in [0.717, 1.165) is 38.6 Å². The van der Waals surface area contributed by atoms with Crippen molar-refractivity contribution in [3.05, 3.63) is 125 Å². The molecule has 2 aliphatic rings. The summed E-state index contributed by atoms with van der Waals surface area (Å²) in [6.07, 6.45) is -2.73. The van der Waals surface area contributed by atoms with E-state index in [2.05, 4.69) is 0 Å². The zero-order chi connectivity index (χ0) is 28.5. The highest BCUT2D eigenvalue weighted by Crippen LogP contribution is 2.41. The molecule has 0 spiro atoms. The molecule has 4 aromatic carbocycles. The van der Waals surface area contributed by atoms with Crippen LogP contribution in [0.15, 0.2) is 103 Å². The zero-order valence-electron chi connectivity index (χ0n) is 22.1. The molecule has 7 nitrogen and oxygen atoms in total. The van der Waals surface area contributed by atoms with Gasteiger partial charge in [0.05, 0.1) is 6.61 Å². The smallest absolute Gasteiger partial charge is 0.186 e. The van der Waals surface area contributed by atoms with Crippen LogP contribution in [0.4, 0.5) is 0 Å². The number of hydrogen-bond acceptors (Lipinski definition) is 7. The van der Waals surface area contributed by atoms with Crippen LogP contribution in [0.3, 0.4) is 0 Å². The molecule has 0 bridgehead atoms. The van der Waals surface area contributed by atoms with Crippen molar-refractivity contribution in [2.45, 2.75) is 30.5 Å². The lowest BCUT2D eigenvalue weighted by Gasteiger charge is -2.39. The molecule has 0 radical (unpaired) electrons. The van der Waals surface area contributed by atoms with E-state index in [4.69, 9.17) is 9.47 Å². The van der Waals surface area contributed by atoms with Crippen molar-refractivity contribution in [1.82, 2.24) is 0 Å². The first kappa shape index (κ1) is 27.1. The van der Waals surface area contributed by atoms with Crippen LogP contribution in [0.25, 0.3) is 21.9 Å². The van der Waals surface area contributed by atoms with Crippen molar-refractivity contribution in [3.63, 3.8) is 0 Å². The third-order valence-electron chi connectivity index (χ3n) is 7.76. The Labute approximate surface area is 237 Å². The molecule has 0 aromatic heterocycles. The van der Waals surface area contributed by atoms with Gasteiger partial charge < -0.3 is 29.9 Å². The SMILES string of the molecule is O=C1C=CC(=C(c2ccccc2)c2ccc(OC[C@@H]3OC(CO)[C@H](O)[C@@H](O)C3O)c3ccccc23)c2ccccc21. The standard InChI is InChI=1S/C34H30O7/c35-18-29-32(37)34(39)33(38)30(41-29)19-40-28-17-15-26(22-11-5-7-13-24(22)28)31(20-8-2-1-3-9-20)25-14-16-27(36)23-12-6-4-10-21(23)25/h1-17,29-30,32-35,37-39H,18-19H2/t29?,30-,32-,33?,34+/m0/s1. The Bertz CT molecular complexity index is 1640. The number of allylic oxidation sites excluding steroid dienone is 3. The fraction of sp³-hybridized carbons (Fsp3) is 0.206. The summed E-state index contributed by atoms with van der Waals surface area (Å²) in [7, 11) is 0. The summed E-state index contributed by atoms with van der Waals surface area (Å²) in [5.74, 6) is 0.520. The van der Waals surface area contributed by atoms with Crippen LogP contribution in [0.2, 0.25) is 0 Å². The van der Waals surface area contributed by atoms with Crippen LogP contribution in [0.5, 0.6) is 5.75 Å². The highest BCUT2D eigenvalue weighted by atomic mass is 16.6. The predicted molar refractivity (Wildman–Crippen MR) is 155 cm³/mol. The summed E-state index contributed by atoms with van der Waals surface area (Å²) in [5.41, 5.74) is 5.38. The maximum Gasteiger partial charge on any atom is 0.186 e. The molecule has 208 valence electrons. The molecule has 1 fully saturated rings. The van der Waals surface area contributed by atoms with E-state index in [9.17, 15) is 25.2 Å². The summed E-state index contributed by atoms with van der Waals surface area (Å²) in [4.78, 5) is 12.7. The molecule has 0 saturated carbocycles. The van der Waals surface area contributed by atoms with Crippen LogP contribution in [-0.4, -0.2) is 69.9 Å². The van der Waals surface area contributed by atoms with Gasteiger partial charge in [0.2, 0.25) is 0 Å². The van der Waals surface area contributed by atoms with Crippen molar-refractivity contribution in [1.29, 1.82) is 0 Å². The van der Waals surface area contributed by atoms with Crippen molar-refractivity contribution in [2.24, 2.45) is 0 Å². The monoisotopic (exact) mass is 550 g/mol. The van der Waals surface area contributed by atoms with E-state index in [1.807, 2.05) is 97.1 Å².